The van der Waals surface area contributed by atoms with E-state index in [4.69, 9.17) is 0 Å². The molecule has 4 atom stereocenters. The molecule has 0 aromatic heterocycles. The van der Waals surface area contributed by atoms with Gasteiger partial charge in [0.2, 0.25) is 0 Å². The summed E-state index contributed by atoms with van der Waals surface area (Å²) < 4.78 is 33.9. The number of rotatable bonds is 1. The lowest BCUT2D eigenvalue weighted by Crippen LogP contribution is -2.44. The van der Waals surface area contributed by atoms with Gasteiger partial charge in [-0.15, -0.1) is 0 Å². The van der Waals surface area contributed by atoms with E-state index in [2.05, 4.69) is 0 Å². The number of hydrogen-bond acceptors (Lipinski definition) is 5. The molecule has 5 rings (SSSR count). The van der Waals surface area contributed by atoms with Crippen LogP contribution in [0.2, 0.25) is 0 Å². The summed E-state index contributed by atoms with van der Waals surface area (Å²) in [6, 6.07) is 14.9. The summed E-state index contributed by atoms with van der Waals surface area (Å²) in [5, 5.41) is 34.2. The predicted octanol–water partition coefficient (Wildman–Crippen LogP) is 2.28. The third-order valence-corrected chi connectivity index (χ3v) is 6.79. The Morgan fingerprint density at radius 3 is 2.07 bits per heavy atom. The molecule has 0 saturated carbocycles. The Kier molecular flexibility index (Phi) is 3.35. The van der Waals surface area contributed by atoms with E-state index in [1.165, 1.54) is 0 Å². The molecular formula is C20H16O6S. The minimum Gasteiger partial charge on any atom is -0.388 e. The zero-order valence-corrected chi connectivity index (χ0v) is 14.8. The molecule has 27 heavy (non-hydrogen) atoms. The lowest BCUT2D eigenvalue weighted by Gasteiger charge is -2.36. The first kappa shape index (κ1) is 16.9. The number of aliphatic hydroxyl groups excluding tert-OH is 3. The molecule has 4 aromatic carbocycles. The van der Waals surface area contributed by atoms with Crippen molar-refractivity contribution in [2.75, 3.05) is 0 Å². The quantitative estimate of drug-likeness (QED) is 0.296. The van der Waals surface area contributed by atoms with E-state index >= 15 is 0 Å². The monoisotopic (exact) mass is 384 g/mol. The summed E-state index contributed by atoms with van der Waals surface area (Å²) in [5.74, 6) is 0. The van der Waals surface area contributed by atoms with Crippen molar-refractivity contribution < 1.29 is 28.3 Å². The van der Waals surface area contributed by atoms with Gasteiger partial charge in [0, 0.05) is 0 Å². The Morgan fingerprint density at radius 2 is 1.41 bits per heavy atom. The van der Waals surface area contributed by atoms with Crippen LogP contribution >= 0.6 is 0 Å². The fourth-order valence-electron chi connectivity index (χ4n) is 4.46. The van der Waals surface area contributed by atoms with Crippen LogP contribution in [-0.2, 0) is 10.1 Å². The minimum atomic E-state index is -4.73. The molecule has 6 nitrogen and oxygen atoms in total. The number of hydrogen-bond donors (Lipinski definition) is 4. The molecule has 4 N–H and O–H groups in total. The Labute approximate surface area is 154 Å². The predicted molar refractivity (Wildman–Crippen MR) is 101 cm³/mol. The smallest absolute Gasteiger partial charge is 0.274 e. The molecular weight excluding hydrogens is 368 g/mol. The summed E-state index contributed by atoms with van der Waals surface area (Å²) in [5.41, 5.74) is 0.329. The largest absolute Gasteiger partial charge is 0.388 e. The van der Waals surface area contributed by atoms with Gasteiger partial charge in [0.05, 0.1) is 0 Å². The van der Waals surface area contributed by atoms with E-state index in [0.29, 0.717) is 5.39 Å². The van der Waals surface area contributed by atoms with Crippen LogP contribution in [0.1, 0.15) is 22.5 Å². The molecule has 1 aliphatic carbocycles. The topological polar surface area (TPSA) is 115 Å². The maximum absolute atomic E-state index is 12.1. The highest BCUT2D eigenvalue weighted by Gasteiger charge is 2.47. The van der Waals surface area contributed by atoms with E-state index < -0.39 is 33.7 Å². The van der Waals surface area contributed by atoms with Crippen molar-refractivity contribution in [2.45, 2.75) is 23.6 Å². The van der Waals surface area contributed by atoms with Crippen LogP contribution in [0.3, 0.4) is 0 Å². The van der Waals surface area contributed by atoms with Crippen LogP contribution in [0.15, 0.2) is 48.5 Å². The van der Waals surface area contributed by atoms with Gasteiger partial charge in [0.1, 0.15) is 23.6 Å². The average molecular weight is 384 g/mol. The maximum Gasteiger partial charge on any atom is 0.274 e. The van der Waals surface area contributed by atoms with Gasteiger partial charge in [0.15, 0.2) is 0 Å². The third-order valence-electron chi connectivity index (χ3n) is 5.63. The van der Waals surface area contributed by atoms with Crippen molar-refractivity contribution in [2.24, 2.45) is 0 Å². The SMILES string of the molecule is O=S(=O)(O)C1c2c(cc3ccc4cccc5ccc2c3c45)C(O)[C@H](O)[C@@H]1O. The van der Waals surface area contributed by atoms with E-state index in [1.54, 1.807) is 12.1 Å². The van der Waals surface area contributed by atoms with Gasteiger partial charge in [0.25, 0.3) is 10.1 Å². The number of fused-ring (bicyclic) bond motifs is 2. The molecule has 0 saturated heterocycles. The third kappa shape index (κ3) is 2.17. The average Bonchev–Trinajstić information content (AvgIpc) is 2.63. The van der Waals surface area contributed by atoms with Crippen LogP contribution in [0.5, 0.6) is 0 Å². The molecule has 0 aliphatic heterocycles. The fraction of sp³-hybridized carbons (Fsp3) is 0.200. The molecule has 2 unspecified atom stereocenters. The normalized spacial score (nSPS) is 26.1. The van der Waals surface area contributed by atoms with Crippen molar-refractivity contribution in [3.05, 3.63) is 59.7 Å². The van der Waals surface area contributed by atoms with Gasteiger partial charge < -0.3 is 15.3 Å². The highest BCUT2D eigenvalue weighted by molar-refractivity contribution is 7.86. The van der Waals surface area contributed by atoms with Crippen LogP contribution < -0.4 is 0 Å². The molecule has 0 spiro atoms. The van der Waals surface area contributed by atoms with Gasteiger partial charge in [-0.3, -0.25) is 4.55 Å². The standard InChI is InChI=1S/C20H16O6S/c21-17-13-8-11-5-4-9-2-1-3-10-6-7-12(15(11)14(9)10)16(13)20(27(24,25)26)19(23)18(17)22/h1-8,17-23H,(H,24,25,26)/t17?,18-,19-,20?/m0/s1. The number of aliphatic hydroxyl groups is 3. The van der Waals surface area contributed by atoms with E-state index in [-0.39, 0.29) is 11.1 Å². The lowest BCUT2D eigenvalue weighted by atomic mass is 9.80. The molecule has 4 aromatic rings. The molecule has 7 heteroatoms. The summed E-state index contributed by atoms with van der Waals surface area (Å²) >= 11 is 0. The maximum atomic E-state index is 12.1. The van der Waals surface area contributed by atoms with Crippen molar-refractivity contribution in [1.82, 2.24) is 0 Å². The van der Waals surface area contributed by atoms with Crippen molar-refractivity contribution in [3.63, 3.8) is 0 Å². The Hall–Kier alpha value is -2.29. The summed E-state index contributed by atoms with van der Waals surface area (Å²) in [7, 11) is -4.73. The second-order valence-corrected chi connectivity index (χ2v) is 8.63. The fourth-order valence-corrected chi connectivity index (χ4v) is 5.54. The molecule has 0 heterocycles. The second-order valence-electron chi connectivity index (χ2n) is 7.10. The first-order valence-electron chi connectivity index (χ1n) is 8.50. The van der Waals surface area contributed by atoms with Gasteiger partial charge in [-0.1, -0.05) is 42.5 Å². The summed E-state index contributed by atoms with van der Waals surface area (Å²) in [4.78, 5) is 0. The van der Waals surface area contributed by atoms with Crippen LogP contribution in [0.25, 0.3) is 32.3 Å². The van der Waals surface area contributed by atoms with Crippen molar-refractivity contribution >= 4 is 42.4 Å². The van der Waals surface area contributed by atoms with Gasteiger partial charge in [-0.05, 0) is 49.5 Å². The first-order valence-corrected chi connectivity index (χ1v) is 10.00. The van der Waals surface area contributed by atoms with Crippen molar-refractivity contribution in [1.29, 1.82) is 0 Å². The second kappa shape index (κ2) is 5.37. The van der Waals surface area contributed by atoms with Crippen LogP contribution in [0.4, 0.5) is 0 Å². The molecule has 0 radical (unpaired) electrons. The van der Waals surface area contributed by atoms with Crippen LogP contribution in [0, 0.1) is 0 Å². The summed E-state index contributed by atoms with van der Waals surface area (Å²) in [6.07, 6.45) is -5.03. The van der Waals surface area contributed by atoms with E-state index in [9.17, 15) is 28.3 Å². The number of benzene rings is 4. The Morgan fingerprint density at radius 1 is 0.778 bits per heavy atom. The highest BCUT2D eigenvalue weighted by Crippen LogP contribution is 2.47. The molecule has 0 bridgehead atoms. The molecule has 0 amide bonds. The first-order chi connectivity index (χ1) is 12.8. The van der Waals surface area contributed by atoms with Gasteiger partial charge >= 0.3 is 0 Å². The lowest BCUT2D eigenvalue weighted by molar-refractivity contribution is -0.0711. The molecule has 0 fully saturated rings. The molecule has 138 valence electrons. The van der Waals surface area contributed by atoms with Gasteiger partial charge in [-0.25, -0.2) is 0 Å². The van der Waals surface area contributed by atoms with Crippen LogP contribution in [-0.4, -0.2) is 40.5 Å². The Bertz CT molecular complexity index is 1300. The van der Waals surface area contributed by atoms with Gasteiger partial charge in [-0.2, -0.15) is 8.42 Å². The summed E-state index contributed by atoms with van der Waals surface area (Å²) in [6.45, 7) is 0. The van der Waals surface area contributed by atoms with E-state index in [1.807, 2.05) is 36.4 Å². The molecule has 1 aliphatic rings. The zero-order valence-electron chi connectivity index (χ0n) is 13.9. The highest BCUT2D eigenvalue weighted by atomic mass is 32.2. The minimum absolute atomic E-state index is 0.133. The zero-order chi connectivity index (χ0) is 19.1. The van der Waals surface area contributed by atoms with Crippen molar-refractivity contribution in [3.8, 4) is 0 Å². The van der Waals surface area contributed by atoms with E-state index in [0.717, 1.165) is 26.9 Å². The Balaban J connectivity index is 2.03.